The Morgan fingerprint density at radius 2 is 1.79 bits per heavy atom. The lowest BCUT2D eigenvalue weighted by atomic mass is 9.82. The molecule has 114 valence electrons. The number of nitrogens with zero attached hydrogens (tertiary/aromatic N) is 1. The Morgan fingerprint density at radius 1 is 1.11 bits per heavy atom. The number of nitrogens with one attached hydrogen (secondary N) is 1. The smallest absolute Gasteiger partial charge is 0.0220 e. The van der Waals surface area contributed by atoms with Crippen molar-refractivity contribution in [2.45, 2.75) is 72.8 Å². The summed E-state index contributed by atoms with van der Waals surface area (Å²) >= 11 is 0. The van der Waals surface area contributed by atoms with E-state index in [1.807, 2.05) is 0 Å². The van der Waals surface area contributed by atoms with Crippen molar-refractivity contribution < 1.29 is 0 Å². The summed E-state index contributed by atoms with van der Waals surface area (Å²) in [4.78, 5) is 2.77. The van der Waals surface area contributed by atoms with Crippen molar-refractivity contribution in [3.8, 4) is 0 Å². The van der Waals surface area contributed by atoms with Gasteiger partial charge in [0.1, 0.15) is 0 Å². The van der Waals surface area contributed by atoms with Gasteiger partial charge in [-0.05, 0) is 50.1 Å². The molecule has 1 saturated heterocycles. The monoisotopic (exact) mass is 268 g/mol. The molecule has 2 nitrogen and oxygen atoms in total. The fourth-order valence-electron chi connectivity index (χ4n) is 3.39. The number of rotatable bonds is 9. The summed E-state index contributed by atoms with van der Waals surface area (Å²) < 4.78 is 0. The molecule has 0 amide bonds. The quantitative estimate of drug-likeness (QED) is 0.682. The number of hydrogen-bond acceptors (Lipinski definition) is 2. The Bertz CT molecular complexity index is 233. The molecule has 19 heavy (non-hydrogen) atoms. The van der Waals surface area contributed by atoms with Gasteiger partial charge in [-0.2, -0.15) is 0 Å². The largest absolute Gasteiger partial charge is 0.315 e. The first kappa shape index (κ1) is 17.0. The van der Waals surface area contributed by atoms with Gasteiger partial charge in [0.05, 0.1) is 0 Å². The van der Waals surface area contributed by atoms with E-state index in [1.165, 1.54) is 51.7 Å². The molecule has 1 fully saturated rings. The summed E-state index contributed by atoms with van der Waals surface area (Å²) in [7, 11) is 0. The average molecular weight is 268 g/mol. The number of likely N-dealkylation sites (tertiary alicyclic amines) is 1. The predicted molar refractivity (Wildman–Crippen MR) is 85.6 cm³/mol. The summed E-state index contributed by atoms with van der Waals surface area (Å²) in [5.74, 6) is 0.756. The van der Waals surface area contributed by atoms with Crippen molar-refractivity contribution in [2.75, 3.05) is 26.2 Å². The van der Waals surface area contributed by atoms with Crippen LogP contribution in [0, 0.1) is 11.3 Å². The van der Waals surface area contributed by atoms with Crippen LogP contribution in [0.1, 0.15) is 66.7 Å². The van der Waals surface area contributed by atoms with Gasteiger partial charge >= 0.3 is 0 Å². The molecule has 1 N–H and O–H groups in total. The summed E-state index contributed by atoms with van der Waals surface area (Å²) in [5.41, 5.74) is 0.615. The minimum absolute atomic E-state index is 0.615. The van der Waals surface area contributed by atoms with Gasteiger partial charge in [0.25, 0.3) is 0 Å². The Hall–Kier alpha value is -0.0800. The summed E-state index contributed by atoms with van der Waals surface area (Å²) in [6, 6.07) is 0.753. The minimum atomic E-state index is 0.615. The van der Waals surface area contributed by atoms with Crippen LogP contribution < -0.4 is 5.32 Å². The maximum Gasteiger partial charge on any atom is 0.0220 e. The lowest BCUT2D eigenvalue weighted by Crippen LogP contribution is -2.42. The molecule has 0 aromatic rings. The molecule has 1 rings (SSSR count). The van der Waals surface area contributed by atoms with Crippen molar-refractivity contribution in [3.63, 3.8) is 0 Å². The molecule has 0 saturated carbocycles. The first-order chi connectivity index (χ1) is 9.06. The van der Waals surface area contributed by atoms with E-state index >= 15 is 0 Å². The van der Waals surface area contributed by atoms with E-state index in [0.29, 0.717) is 5.41 Å². The van der Waals surface area contributed by atoms with Crippen LogP contribution in [0.15, 0.2) is 0 Å². The van der Waals surface area contributed by atoms with Crippen LogP contribution in [0.2, 0.25) is 0 Å². The number of hydrogen-bond donors (Lipinski definition) is 1. The van der Waals surface area contributed by atoms with E-state index in [-0.39, 0.29) is 0 Å². The van der Waals surface area contributed by atoms with Gasteiger partial charge in [0.15, 0.2) is 0 Å². The Morgan fingerprint density at radius 3 is 2.26 bits per heavy atom. The second kappa shape index (κ2) is 8.26. The van der Waals surface area contributed by atoms with E-state index in [2.05, 4.69) is 44.8 Å². The Labute approximate surface area is 121 Å². The summed E-state index contributed by atoms with van der Waals surface area (Å²) in [5, 5.41) is 3.67. The Balaban J connectivity index is 2.48. The Kier molecular flexibility index (Phi) is 7.38. The molecule has 1 unspecified atom stereocenters. The van der Waals surface area contributed by atoms with E-state index in [1.54, 1.807) is 0 Å². The molecule has 1 aliphatic heterocycles. The fourth-order valence-corrected chi connectivity index (χ4v) is 3.39. The highest BCUT2D eigenvalue weighted by molar-refractivity contribution is 4.91. The van der Waals surface area contributed by atoms with Gasteiger partial charge in [-0.25, -0.2) is 0 Å². The molecule has 2 heteroatoms. The van der Waals surface area contributed by atoms with Crippen LogP contribution in [0.5, 0.6) is 0 Å². The molecule has 0 radical (unpaired) electrons. The highest BCUT2D eigenvalue weighted by Gasteiger charge is 2.37. The molecule has 0 aromatic carbocycles. The second-order valence-corrected chi connectivity index (χ2v) is 6.92. The minimum Gasteiger partial charge on any atom is -0.315 e. The third-order valence-corrected chi connectivity index (χ3v) is 5.04. The summed E-state index contributed by atoms with van der Waals surface area (Å²) in [6.07, 6.45) is 6.74. The molecule has 1 aliphatic rings. The predicted octanol–water partition coefficient (Wildman–Crippen LogP) is 3.91. The normalized spacial score (nSPS) is 21.2. The lowest BCUT2D eigenvalue weighted by molar-refractivity contribution is 0.181. The zero-order valence-electron chi connectivity index (χ0n) is 14.0. The van der Waals surface area contributed by atoms with Crippen LogP contribution in [0.25, 0.3) is 0 Å². The third kappa shape index (κ3) is 5.07. The van der Waals surface area contributed by atoms with E-state index < -0.39 is 0 Å². The van der Waals surface area contributed by atoms with Gasteiger partial charge in [0, 0.05) is 19.1 Å². The zero-order valence-corrected chi connectivity index (χ0v) is 14.0. The second-order valence-electron chi connectivity index (χ2n) is 6.92. The van der Waals surface area contributed by atoms with Crippen molar-refractivity contribution in [1.29, 1.82) is 0 Å². The average Bonchev–Trinajstić information content (AvgIpc) is 2.82. The topological polar surface area (TPSA) is 15.3 Å². The van der Waals surface area contributed by atoms with Gasteiger partial charge in [-0.3, -0.25) is 4.90 Å². The van der Waals surface area contributed by atoms with E-state index in [4.69, 9.17) is 0 Å². The van der Waals surface area contributed by atoms with Crippen LogP contribution in [-0.4, -0.2) is 37.1 Å². The van der Waals surface area contributed by atoms with Crippen LogP contribution in [0.4, 0.5) is 0 Å². The van der Waals surface area contributed by atoms with Crippen molar-refractivity contribution in [3.05, 3.63) is 0 Å². The molecule has 0 aromatic heterocycles. The maximum atomic E-state index is 3.67. The zero-order chi connectivity index (χ0) is 14.3. The maximum absolute atomic E-state index is 3.67. The van der Waals surface area contributed by atoms with E-state index in [9.17, 15) is 0 Å². The van der Waals surface area contributed by atoms with Gasteiger partial charge in [0.2, 0.25) is 0 Å². The summed E-state index contributed by atoms with van der Waals surface area (Å²) in [6.45, 7) is 16.6. The highest BCUT2D eigenvalue weighted by atomic mass is 15.2. The van der Waals surface area contributed by atoms with Gasteiger partial charge in [-0.1, -0.05) is 41.0 Å². The molecular formula is C17H36N2. The van der Waals surface area contributed by atoms with Gasteiger partial charge < -0.3 is 5.32 Å². The first-order valence-corrected chi connectivity index (χ1v) is 8.51. The SMILES string of the molecule is CCCC(CNCC(C)C)N1CCC(CC)(CC)C1. The van der Waals surface area contributed by atoms with Crippen molar-refractivity contribution in [2.24, 2.45) is 11.3 Å². The van der Waals surface area contributed by atoms with Crippen LogP contribution in [0.3, 0.4) is 0 Å². The standard InChI is InChI=1S/C17H36N2/c1-6-9-16(13-18-12-15(4)5)19-11-10-17(7-2,8-3)14-19/h15-16,18H,6-14H2,1-5H3. The van der Waals surface area contributed by atoms with E-state index in [0.717, 1.165) is 18.5 Å². The van der Waals surface area contributed by atoms with Crippen LogP contribution in [-0.2, 0) is 0 Å². The van der Waals surface area contributed by atoms with Crippen molar-refractivity contribution >= 4 is 0 Å². The molecule has 0 spiro atoms. The van der Waals surface area contributed by atoms with Crippen molar-refractivity contribution in [1.82, 2.24) is 10.2 Å². The molecule has 1 heterocycles. The highest BCUT2D eigenvalue weighted by Crippen LogP contribution is 2.38. The van der Waals surface area contributed by atoms with Crippen LogP contribution >= 0.6 is 0 Å². The van der Waals surface area contributed by atoms with Gasteiger partial charge in [-0.15, -0.1) is 0 Å². The molecule has 1 atom stereocenters. The molecule has 0 aliphatic carbocycles. The lowest BCUT2D eigenvalue weighted by Gasteiger charge is -2.31. The fraction of sp³-hybridized carbons (Fsp3) is 1.00. The third-order valence-electron chi connectivity index (χ3n) is 5.04. The molecule has 0 bridgehead atoms. The first-order valence-electron chi connectivity index (χ1n) is 8.51. The molecular weight excluding hydrogens is 232 g/mol.